The van der Waals surface area contributed by atoms with E-state index in [1.54, 1.807) is 0 Å². The Hall–Kier alpha value is -2.60. The molecule has 1 amide bonds. The maximum Gasteiger partial charge on any atom is 0.303 e. The quantitative estimate of drug-likeness (QED) is 0.516. The summed E-state index contributed by atoms with van der Waals surface area (Å²) in [6.07, 6.45) is 0.819. The molecule has 2 aromatic carbocycles. The van der Waals surface area contributed by atoms with Gasteiger partial charge in [-0.05, 0) is 29.5 Å². The number of aliphatic carboxylic acids is 1. The summed E-state index contributed by atoms with van der Waals surface area (Å²) in [4.78, 5) is 35.4. The standard InChI is InChI=1S/C25H31NO4S/c1-17(2)31-25(30)18(3)15-22(26-23(27)13-14-24(28)29)16-19-9-11-21(12-10-19)20-7-5-4-6-8-20/h4-12,17-18,22H,13-16H2,1-3H3,(H,26,27)(H,28,29)/t18?,22-/m0/s1. The lowest BCUT2D eigenvalue weighted by molar-refractivity contribution is -0.138. The number of hydrogen-bond donors (Lipinski definition) is 2. The fourth-order valence-electron chi connectivity index (χ4n) is 3.33. The molecule has 2 atom stereocenters. The Morgan fingerprint density at radius 1 is 0.903 bits per heavy atom. The highest BCUT2D eigenvalue weighted by molar-refractivity contribution is 8.14. The van der Waals surface area contributed by atoms with Gasteiger partial charge in [-0.3, -0.25) is 14.4 Å². The summed E-state index contributed by atoms with van der Waals surface area (Å²) in [6.45, 7) is 5.84. The van der Waals surface area contributed by atoms with Gasteiger partial charge in [0, 0.05) is 23.6 Å². The fourth-order valence-corrected chi connectivity index (χ4v) is 4.13. The van der Waals surface area contributed by atoms with Crippen molar-refractivity contribution in [3.8, 4) is 11.1 Å². The minimum atomic E-state index is -1.000. The van der Waals surface area contributed by atoms with Crippen molar-refractivity contribution in [1.82, 2.24) is 5.32 Å². The number of thioether (sulfide) groups is 1. The molecule has 0 heterocycles. The first-order valence-corrected chi connectivity index (χ1v) is 11.5. The lowest BCUT2D eigenvalue weighted by Gasteiger charge is -2.22. The van der Waals surface area contributed by atoms with Crippen molar-refractivity contribution in [2.24, 2.45) is 5.92 Å². The molecule has 0 saturated heterocycles. The highest BCUT2D eigenvalue weighted by Gasteiger charge is 2.22. The molecule has 2 aromatic rings. The van der Waals surface area contributed by atoms with Crippen molar-refractivity contribution < 1.29 is 19.5 Å². The van der Waals surface area contributed by atoms with Crippen LogP contribution in [0.1, 0.15) is 45.6 Å². The normalized spacial score (nSPS) is 12.9. The third kappa shape index (κ3) is 8.97. The summed E-state index contributed by atoms with van der Waals surface area (Å²) in [5.74, 6) is -1.51. The number of benzene rings is 2. The van der Waals surface area contributed by atoms with Crippen molar-refractivity contribution in [1.29, 1.82) is 0 Å². The molecule has 0 aliphatic rings. The number of amides is 1. The van der Waals surface area contributed by atoms with Gasteiger partial charge in [0.1, 0.15) is 0 Å². The number of carbonyl (C=O) groups is 3. The van der Waals surface area contributed by atoms with Crippen LogP contribution in [0, 0.1) is 5.92 Å². The second-order valence-corrected chi connectivity index (χ2v) is 9.63. The molecule has 0 aromatic heterocycles. The average molecular weight is 442 g/mol. The Morgan fingerprint density at radius 2 is 1.52 bits per heavy atom. The topological polar surface area (TPSA) is 83.5 Å². The van der Waals surface area contributed by atoms with Gasteiger partial charge < -0.3 is 10.4 Å². The highest BCUT2D eigenvalue weighted by atomic mass is 32.2. The maximum atomic E-state index is 12.4. The summed E-state index contributed by atoms with van der Waals surface area (Å²) in [6, 6.07) is 18.0. The highest BCUT2D eigenvalue weighted by Crippen LogP contribution is 2.23. The lowest BCUT2D eigenvalue weighted by atomic mass is 9.95. The van der Waals surface area contributed by atoms with Crippen LogP contribution < -0.4 is 5.32 Å². The van der Waals surface area contributed by atoms with Gasteiger partial charge in [-0.1, -0.05) is 87.1 Å². The fraction of sp³-hybridized carbons (Fsp3) is 0.400. The first kappa shape index (κ1) is 24.7. The van der Waals surface area contributed by atoms with Gasteiger partial charge >= 0.3 is 5.97 Å². The van der Waals surface area contributed by atoms with Gasteiger partial charge in [-0.25, -0.2) is 0 Å². The molecule has 166 valence electrons. The van der Waals surface area contributed by atoms with Crippen LogP contribution in [0.15, 0.2) is 54.6 Å². The first-order valence-electron chi connectivity index (χ1n) is 10.6. The second kappa shape index (κ2) is 12.3. The van der Waals surface area contributed by atoms with E-state index in [-0.39, 0.29) is 41.1 Å². The van der Waals surface area contributed by atoms with Gasteiger partial charge in [0.05, 0.1) is 6.42 Å². The van der Waals surface area contributed by atoms with E-state index >= 15 is 0 Å². The van der Waals surface area contributed by atoms with Gasteiger partial charge in [0.2, 0.25) is 5.91 Å². The van der Waals surface area contributed by atoms with Crippen LogP contribution in [-0.2, 0) is 20.8 Å². The van der Waals surface area contributed by atoms with Crippen LogP contribution in [0.5, 0.6) is 0 Å². The van der Waals surface area contributed by atoms with Crippen molar-refractivity contribution >= 4 is 28.8 Å². The molecule has 0 saturated carbocycles. The minimum Gasteiger partial charge on any atom is -0.481 e. The van der Waals surface area contributed by atoms with Crippen LogP contribution in [0.25, 0.3) is 11.1 Å². The van der Waals surface area contributed by atoms with Crippen molar-refractivity contribution in [2.75, 3.05) is 0 Å². The molecule has 0 fully saturated rings. The van der Waals surface area contributed by atoms with E-state index in [0.29, 0.717) is 12.8 Å². The summed E-state index contributed by atoms with van der Waals surface area (Å²) in [7, 11) is 0. The molecule has 6 heteroatoms. The molecule has 0 spiro atoms. The number of rotatable bonds is 11. The van der Waals surface area contributed by atoms with Gasteiger partial charge in [0.25, 0.3) is 0 Å². The molecule has 5 nitrogen and oxygen atoms in total. The largest absolute Gasteiger partial charge is 0.481 e. The summed E-state index contributed by atoms with van der Waals surface area (Å²) < 4.78 is 0. The molecule has 0 radical (unpaired) electrons. The zero-order valence-corrected chi connectivity index (χ0v) is 19.2. The van der Waals surface area contributed by atoms with E-state index in [4.69, 9.17) is 5.11 Å². The predicted octanol–water partition coefficient (Wildman–Crippen LogP) is 4.94. The lowest BCUT2D eigenvalue weighted by Crippen LogP contribution is -2.38. The van der Waals surface area contributed by atoms with Crippen molar-refractivity contribution in [3.05, 3.63) is 60.2 Å². The van der Waals surface area contributed by atoms with Crippen LogP contribution >= 0.6 is 11.8 Å². The van der Waals surface area contributed by atoms with E-state index in [2.05, 4.69) is 29.6 Å². The second-order valence-electron chi connectivity index (χ2n) is 8.05. The van der Waals surface area contributed by atoms with Crippen molar-refractivity contribution in [2.45, 2.75) is 57.7 Å². The van der Waals surface area contributed by atoms with E-state index in [9.17, 15) is 14.4 Å². The minimum absolute atomic E-state index is 0.0676. The molecule has 31 heavy (non-hydrogen) atoms. The molecule has 0 aliphatic heterocycles. The number of nitrogens with one attached hydrogen (secondary N) is 1. The molecular formula is C25H31NO4S. The van der Waals surface area contributed by atoms with E-state index < -0.39 is 5.97 Å². The Bertz CT molecular complexity index is 865. The van der Waals surface area contributed by atoms with Crippen LogP contribution in [0.2, 0.25) is 0 Å². The van der Waals surface area contributed by atoms with Crippen LogP contribution in [-0.4, -0.2) is 33.4 Å². The van der Waals surface area contributed by atoms with Gasteiger partial charge in [0.15, 0.2) is 5.12 Å². The third-order valence-electron chi connectivity index (χ3n) is 4.87. The third-order valence-corrected chi connectivity index (χ3v) is 5.97. The van der Waals surface area contributed by atoms with Gasteiger partial charge in [-0.2, -0.15) is 0 Å². The van der Waals surface area contributed by atoms with Gasteiger partial charge in [-0.15, -0.1) is 0 Å². The first-order chi connectivity index (χ1) is 14.7. The summed E-state index contributed by atoms with van der Waals surface area (Å²) >= 11 is 1.31. The smallest absolute Gasteiger partial charge is 0.303 e. The van der Waals surface area contributed by atoms with E-state index in [0.717, 1.165) is 16.7 Å². The maximum absolute atomic E-state index is 12.4. The van der Waals surface area contributed by atoms with E-state index in [1.165, 1.54) is 11.8 Å². The predicted molar refractivity (Wildman–Crippen MR) is 126 cm³/mol. The number of carbonyl (C=O) groups excluding carboxylic acids is 2. The monoisotopic (exact) mass is 441 g/mol. The summed E-state index contributed by atoms with van der Waals surface area (Å²) in [5.41, 5.74) is 3.31. The number of hydrogen-bond acceptors (Lipinski definition) is 4. The van der Waals surface area contributed by atoms with Crippen LogP contribution in [0.4, 0.5) is 0 Å². The number of carboxylic acid groups (broad SMARTS) is 1. The Balaban J connectivity index is 2.08. The van der Waals surface area contributed by atoms with Crippen LogP contribution in [0.3, 0.4) is 0 Å². The Labute approximate surface area is 188 Å². The number of carboxylic acids is 1. The summed E-state index contributed by atoms with van der Waals surface area (Å²) in [5, 5.41) is 12.1. The zero-order chi connectivity index (χ0) is 22.8. The Kier molecular flexibility index (Phi) is 9.79. The molecule has 0 bridgehead atoms. The average Bonchev–Trinajstić information content (AvgIpc) is 2.73. The zero-order valence-electron chi connectivity index (χ0n) is 18.3. The molecule has 0 aliphatic carbocycles. The van der Waals surface area contributed by atoms with E-state index in [1.807, 2.05) is 51.1 Å². The molecule has 2 N–H and O–H groups in total. The van der Waals surface area contributed by atoms with Crippen molar-refractivity contribution in [3.63, 3.8) is 0 Å². The SMILES string of the molecule is CC(C)SC(=O)C(C)C[C@@H](Cc1ccc(-c2ccccc2)cc1)NC(=O)CCC(=O)O. The molecular weight excluding hydrogens is 410 g/mol. The molecule has 1 unspecified atom stereocenters. The molecule has 2 rings (SSSR count). The Morgan fingerprint density at radius 3 is 2.10 bits per heavy atom.